The molecule has 2 aromatic rings. The fourth-order valence-electron chi connectivity index (χ4n) is 2.43. The van der Waals surface area contributed by atoms with Gasteiger partial charge in [-0.3, -0.25) is 9.78 Å². The van der Waals surface area contributed by atoms with Crippen molar-refractivity contribution in [2.24, 2.45) is 0 Å². The van der Waals surface area contributed by atoms with Crippen LogP contribution in [0.4, 0.5) is 13.2 Å². The van der Waals surface area contributed by atoms with Gasteiger partial charge in [0, 0.05) is 18.0 Å². The Labute approximate surface area is 132 Å². The highest BCUT2D eigenvalue weighted by molar-refractivity contribution is 5.83. The fraction of sp³-hybridized carbons (Fsp3) is 0.294. The van der Waals surface area contributed by atoms with E-state index >= 15 is 0 Å². The lowest BCUT2D eigenvalue weighted by Crippen LogP contribution is -2.38. The van der Waals surface area contributed by atoms with Gasteiger partial charge in [-0.1, -0.05) is 6.07 Å². The summed E-state index contributed by atoms with van der Waals surface area (Å²) in [5.41, 5.74) is -1.04. The molecule has 0 saturated carbocycles. The number of pyridine rings is 1. The van der Waals surface area contributed by atoms with Crippen molar-refractivity contribution in [1.82, 2.24) is 4.98 Å². The van der Waals surface area contributed by atoms with Crippen LogP contribution in [0, 0.1) is 17.5 Å². The predicted octanol–water partition coefficient (Wildman–Crippen LogP) is 3.56. The zero-order valence-electron chi connectivity index (χ0n) is 12.8. The molecule has 0 spiro atoms. The number of ether oxygens (including phenoxy) is 1. The average molecular weight is 323 g/mol. The Morgan fingerprint density at radius 1 is 1.13 bits per heavy atom. The Bertz CT molecular complexity index is 706. The van der Waals surface area contributed by atoms with Crippen LogP contribution in [-0.2, 0) is 21.4 Å². The second kappa shape index (κ2) is 6.81. The van der Waals surface area contributed by atoms with E-state index in [1.54, 1.807) is 19.1 Å². The predicted molar refractivity (Wildman–Crippen MR) is 78.2 cm³/mol. The maximum atomic E-state index is 14.2. The van der Waals surface area contributed by atoms with Crippen LogP contribution in [0.5, 0.6) is 0 Å². The molecule has 3 nitrogen and oxygen atoms in total. The first kappa shape index (κ1) is 17.0. The Kier molecular flexibility index (Phi) is 5.03. The average Bonchev–Trinajstić information content (AvgIpc) is 2.53. The van der Waals surface area contributed by atoms with Gasteiger partial charge >= 0.3 is 5.97 Å². The van der Waals surface area contributed by atoms with Crippen molar-refractivity contribution in [3.8, 4) is 0 Å². The Morgan fingerprint density at radius 2 is 1.78 bits per heavy atom. The molecule has 0 saturated heterocycles. The molecule has 23 heavy (non-hydrogen) atoms. The van der Waals surface area contributed by atoms with Gasteiger partial charge < -0.3 is 4.74 Å². The standard InChI is InChI=1S/C17H16F3NO2/c1-3-23-16(22)17(2,10-11-6-8-21-9-7-11)12-4-5-13(18)15(20)14(12)19/h4-9H,3,10H2,1-2H3. The molecular weight excluding hydrogens is 307 g/mol. The lowest BCUT2D eigenvalue weighted by atomic mass is 9.77. The maximum Gasteiger partial charge on any atom is 0.316 e. The Morgan fingerprint density at radius 3 is 2.39 bits per heavy atom. The first-order chi connectivity index (χ1) is 10.9. The second-order valence-electron chi connectivity index (χ2n) is 5.31. The number of carbonyl (C=O) groups excluding carboxylic acids is 1. The normalized spacial score (nSPS) is 13.4. The minimum atomic E-state index is -1.60. The number of rotatable bonds is 5. The molecule has 0 bridgehead atoms. The minimum Gasteiger partial charge on any atom is -0.465 e. The molecule has 1 aromatic carbocycles. The summed E-state index contributed by atoms with van der Waals surface area (Å²) in [7, 11) is 0. The van der Waals surface area contributed by atoms with Gasteiger partial charge in [-0.2, -0.15) is 0 Å². The molecule has 122 valence electrons. The molecule has 0 amide bonds. The monoisotopic (exact) mass is 323 g/mol. The van der Waals surface area contributed by atoms with Crippen LogP contribution < -0.4 is 0 Å². The van der Waals surface area contributed by atoms with Crippen molar-refractivity contribution in [2.75, 3.05) is 6.61 Å². The van der Waals surface area contributed by atoms with E-state index in [1.165, 1.54) is 19.3 Å². The lowest BCUT2D eigenvalue weighted by molar-refractivity contribution is -0.149. The number of hydrogen-bond donors (Lipinski definition) is 0. The number of nitrogens with zero attached hydrogens (tertiary/aromatic N) is 1. The Balaban J connectivity index is 2.54. The molecule has 2 rings (SSSR count). The summed E-state index contributed by atoms with van der Waals surface area (Å²) in [5, 5.41) is 0. The van der Waals surface area contributed by atoms with Gasteiger partial charge in [-0.15, -0.1) is 0 Å². The van der Waals surface area contributed by atoms with Crippen molar-refractivity contribution in [1.29, 1.82) is 0 Å². The van der Waals surface area contributed by atoms with E-state index in [9.17, 15) is 18.0 Å². The van der Waals surface area contributed by atoms with Gasteiger partial charge in [-0.25, -0.2) is 13.2 Å². The summed E-state index contributed by atoms with van der Waals surface area (Å²) in [6, 6.07) is 5.20. The smallest absolute Gasteiger partial charge is 0.316 e. The van der Waals surface area contributed by atoms with Gasteiger partial charge in [0.15, 0.2) is 17.5 Å². The maximum absolute atomic E-state index is 14.2. The summed E-state index contributed by atoms with van der Waals surface area (Å²) >= 11 is 0. The van der Waals surface area contributed by atoms with Gasteiger partial charge in [0.2, 0.25) is 0 Å². The van der Waals surface area contributed by atoms with Crippen LogP contribution in [-0.4, -0.2) is 17.6 Å². The highest BCUT2D eigenvalue weighted by Gasteiger charge is 2.40. The molecule has 1 atom stereocenters. The number of carbonyl (C=O) groups is 1. The number of aromatic nitrogens is 1. The van der Waals surface area contributed by atoms with E-state index in [1.807, 2.05) is 0 Å². The van der Waals surface area contributed by atoms with Crippen LogP contribution in [0.2, 0.25) is 0 Å². The summed E-state index contributed by atoms with van der Waals surface area (Å²) in [6.07, 6.45) is 3.13. The van der Waals surface area contributed by atoms with Gasteiger partial charge in [0.1, 0.15) is 0 Å². The van der Waals surface area contributed by atoms with Crippen LogP contribution in [0.25, 0.3) is 0 Å². The third-order valence-electron chi connectivity index (χ3n) is 3.66. The zero-order valence-corrected chi connectivity index (χ0v) is 12.8. The Hall–Kier alpha value is -2.37. The van der Waals surface area contributed by atoms with Crippen LogP contribution in [0.3, 0.4) is 0 Å². The quantitative estimate of drug-likeness (QED) is 0.624. The third kappa shape index (κ3) is 3.36. The van der Waals surface area contributed by atoms with E-state index in [4.69, 9.17) is 4.74 Å². The van der Waals surface area contributed by atoms with Crippen LogP contribution in [0.1, 0.15) is 25.0 Å². The highest BCUT2D eigenvalue weighted by Crippen LogP contribution is 2.33. The summed E-state index contributed by atoms with van der Waals surface area (Å²) < 4.78 is 46.0. The van der Waals surface area contributed by atoms with Crippen LogP contribution >= 0.6 is 0 Å². The lowest BCUT2D eigenvalue weighted by Gasteiger charge is -2.28. The zero-order chi connectivity index (χ0) is 17.0. The van der Waals surface area contributed by atoms with Gasteiger partial charge in [-0.05, 0) is 44.0 Å². The van der Waals surface area contributed by atoms with E-state index < -0.39 is 28.8 Å². The molecule has 1 aromatic heterocycles. The molecule has 0 aliphatic carbocycles. The van der Waals surface area contributed by atoms with Crippen LogP contribution in [0.15, 0.2) is 36.7 Å². The summed E-state index contributed by atoms with van der Waals surface area (Å²) in [5.74, 6) is -4.99. The van der Waals surface area contributed by atoms with Crippen molar-refractivity contribution < 1.29 is 22.7 Å². The first-order valence-corrected chi connectivity index (χ1v) is 7.10. The molecule has 1 heterocycles. The van der Waals surface area contributed by atoms with E-state index in [-0.39, 0.29) is 18.6 Å². The SMILES string of the molecule is CCOC(=O)C(C)(Cc1ccncc1)c1ccc(F)c(F)c1F. The first-order valence-electron chi connectivity index (χ1n) is 7.10. The second-order valence-corrected chi connectivity index (χ2v) is 5.31. The number of halogens is 3. The highest BCUT2D eigenvalue weighted by atomic mass is 19.2. The molecule has 0 N–H and O–H groups in total. The van der Waals surface area contributed by atoms with E-state index in [2.05, 4.69) is 4.98 Å². The molecule has 0 aliphatic heterocycles. The van der Waals surface area contributed by atoms with Crippen molar-refractivity contribution in [3.63, 3.8) is 0 Å². The molecule has 0 aliphatic rings. The molecular formula is C17H16F3NO2. The van der Waals surface area contributed by atoms with Crippen molar-refractivity contribution in [3.05, 3.63) is 65.2 Å². The minimum absolute atomic E-state index is 0.0658. The van der Waals surface area contributed by atoms with Crippen molar-refractivity contribution in [2.45, 2.75) is 25.7 Å². The molecule has 0 fully saturated rings. The van der Waals surface area contributed by atoms with E-state index in [0.29, 0.717) is 5.56 Å². The van der Waals surface area contributed by atoms with Crippen molar-refractivity contribution >= 4 is 5.97 Å². The number of hydrogen-bond acceptors (Lipinski definition) is 3. The van der Waals surface area contributed by atoms with Gasteiger partial charge in [0.05, 0.1) is 12.0 Å². The molecule has 6 heteroatoms. The third-order valence-corrected chi connectivity index (χ3v) is 3.66. The summed E-state index contributed by atoms with van der Waals surface area (Å²) in [6.45, 7) is 3.16. The van der Waals surface area contributed by atoms with E-state index in [0.717, 1.165) is 12.1 Å². The molecule has 1 unspecified atom stereocenters. The fourth-order valence-corrected chi connectivity index (χ4v) is 2.43. The number of esters is 1. The number of benzene rings is 1. The topological polar surface area (TPSA) is 39.2 Å². The largest absolute Gasteiger partial charge is 0.465 e. The summed E-state index contributed by atoms with van der Waals surface area (Å²) in [4.78, 5) is 16.3. The van der Waals surface area contributed by atoms with Gasteiger partial charge in [0.25, 0.3) is 0 Å². The molecule has 0 radical (unpaired) electrons.